The van der Waals surface area contributed by atoms with Crippen LogP contribution in [-0.2, 0) is 5.33 Å². The van der Waals surface area contributed by atoms with E-state index in [1.807, 2.05) is 12.1 Å². The van der Waals surface area contributed by atoms with Gasteiger partial charge in [0.15, 0.2) is 0 Å². The molecule has 0 aromatic heterocycles. The molecule has 0 spiro atoms. The first-order valence-electron chi connectivity index (χ1n) is 7.63. The third-order valence-corrected chi connectivity index (χ3v) is 4.68. The molecule has 5 heteroatoms. The average Bonchev–Trinajstić information content (AvgIpc) is 2.98. The van der Waals surface area contributed by atoms with Crippen LogP contribution in [0.2, 0.25) is 0 Å². The van der Waals surface area contributed by atoms with Crippen molar-refractivity contribution in [3.05, 3.63) is 33.9 Å². The molecule has 1 aromatic carbocycles. The van der Waals surface area contributed by atoms with Gasteiger partial charge in [-0.25, -0.2) is 0 Å². The summed E-state index contributed by atoms with van der Waals surface area (Å²) in [7, 11) is 0. The summed E-state index contributed by atoms with van der Waals surface area (Å²) in [5.74, 6) is 0.487. The summed E-state index contributed by atoms with van der Waals surface area (Å²) in [6.07, 6.45) is 4.74. The molecule has 0 unspecified atom stereocenters. The fourth-order valence-electron chi connectivity index (χ4n) is 3.09. The van der Waals surface area contributed by atoms with Crippen LogP contribution in [0.5, 0.6) is 0 Å². The van der Waals surface area contributed by atoms with Crippen LogP contribution in [0.3, 0.4) is 0 Å². The standard InChI is InChI=1S/C16H23BrN2O2/c1-12(2)11-18(14-5-3-4-6-14)15-8-7-13(10-17)9-16(15)19(20)21/h7-9,12,14H,3-6,10-11H2,1-2H3. The van der Waals surface area contributed by atoms with Crippen LogP contribution in [-0.4, -0.2) is 17.5 Å². The molecule has 1 aliphatic carbocycles. The van der Waals surface area contributed by atoms with Crippen LogP contribution in [0.25, 0.3) is 0 Å². The lowest BCUT2D eigenvalue weighted by Gasteiger charge is -2.32. The predicted octanol–water partition coefficient (Wildman–Crippen LogP) is 4.89. The summed E-state index contributed by atoms with van der Waals surface area (Å²) in [4.78, 5) is 13.5. The number of hydrogen-bond donors (Lipinski definition) is 0. The molecule has 4 nitrogen and oxygen atoms in total. The Balaban J connectivity index is 2.40. The van der Waals surface area contributed by atoms with E-state index >= 15 is 0 Å². The molecule has 1 fully saturated rings. The summed E-state index contributed by atoms with van der Waals surface area (Å²) in [6.45, 7) is 5.21. The minimum atomic E-state index is -0.246. The van der Waals surface area contributed by atoms with Crippen molar-refractivity contribution in [1.29, 1.82) is 0 Å². The summed E-state index contributed by atoms with van der Waals surface area (Å²) in [6, 6.07) is 6.06. The highest BCUT2D eigenvalue weighted by Gasteiger charge is 2.28. The van der Waals surface area contributed by atoms with Crippen molar-refractivity contribution < 1.29 is 4.92 Å². The maximum Gasteiger partial charge on any atom is 0.292 e. The lowest BCUT2D eigenvalue weighted by molar-refractivity contribution is -0.384. The van der Waals surface area contributed by atoms with Crippen molar-refractivity contribution >= 4 is 27.3 Å². The quantitative estimate of drug-likeness (QED) is 0.414. The Morgan fingerprint density at radius 3 is 2.57 bits per heavy atom. The van der Waals surface area contributed by atoms with E-state index in [0.717, 1.165) is 30.6 Å². The Morgan fingerprint density at radius 1 is 1.38 bits per heavy atom. The molecule has 0 atom stereocenters. The smallest absolute Gasteiger partial charge is 0.292 e. The first-order valence-corrected chi connectivity index (χ1v) is 8.75. The fourth-order valence-corrected chi connectivity index (χ4v) is 3.44. The Labute approximate surface area is 134 Å². The Kier molecular flexibility index (Phi) is 5.62. The molecule has 1 saturated carbocycles. The van der Waals surface area contributed by atoms with Crippen LogP contribution in [0.15, 0.2) is 18.2 Å². The molecule has 1 aliphatic rings. The third-order valence-electron chi connectivity index (χ3n) is 4.03. The largest absolute Gasteiger partial charge is 0.363 e. The number of nitro groups is 1. The van der Waals surface area contributed by atoms with Gasteiger partial charge in [-0.1, -0.05) is 48.7 Å². The topological polar surface area (TPSA) is 46.4 Å². The molecular weight excluding hydrogens is 332 g/mol. The fraction of sp³-hybridized carbons (Fsp3) is 0.625. The molecule has 0 aliphatic heterocycles. The van der Waals surface area contributed by atoms with E-state index in [4.69, 9.17) is 0 Å². The molecule has 21 heavy (non-hydrogen) atoms. The van der Waals surface area contributed by atoms with Crippen molar-refractivity contribution in [2.24, 2.45) is 5.92 Å². The van der Waals surface area contributed by atoms with Crippen LogP contribution >= 0.6 is 15.9 Å². The Hall–Kier alpha value is -1.10. The van der Waals surface area contributed by atoms with Gasteiger partial charge in [0.05, 0.1) is 4.92 Å². The summed E-state index contributed by atoms with van der Waals surface area (Å²) < 4.78 is 0. The minimum absolute atomic E-state index is 0.236. The molecule has 116 valence electrons. The number of benzene rings is 1. The van der Waals surface area contributed by atoms with Gasteiger partial charge in [0.2, 0.25) is 0 Å². The second-order valence-corrected chi connectivity index (χ2v) is 6.76. The van der Waals surface area contributed by atoms with Crippen LogP contribution < -0.4 is 4.90 Å². The SMILES string of the molecule is CC(C)CN(c1ccc(CBr)cc1[N+](=O)[O-])C1CCCC1. The van der Waals surface area contributed by atoms with Crippen molar-refractivity contribution in [3.8, 4) is 0 Å². The van der Waals surface area contributed by atoms with E-state index in [1.54, 1.807) is 6.07 Å². The van der Waals surface area contributed by atoms with E-state index in [0.29, 0.717) is 17.3 Å². The first-order chi connectivity index (χ1) is 10.0. The zero-order valence-electron chi connectivity index (χ0n) is 12.7. The van der Waals surface area contributed by atoms with Crippen molar-refractivity contribution in [1.82, 2.24) is 0 Å². The van der Waals surface area contributed by atoms with Gasteiger partial charge >= 0.3 is 0 Å². The lowest BCUT2D eigenvalue weighted by Crippen LogP contribution is -2.36. The highest BCUT2D eigenvalue weighted by atomic mass is 79.9. The van der Waals surface area contributed by atoms with Gasteiger partial charge in [-0.05, 0) is 30.4 Å². The predicted molar refractivity (Wildman–Crippen MR) is 90.2 cm³/mol. The van der Waals surface area contributed by atoms with Gasteiger partial charge in [0, 0.05) is 24.0 Å². The molecule has 0 bridgehead atoms. The number of rotatable bonds is 6. The average molecular weight is 355 g/mol. The number of alkyl halides is 1. The van der Waals surface area contributed by atoms with E-state index in [-0.39, 0.29) is 10.6 Å². The van der Waals surface area contributed by atoms with Crippen molar-refractivity contribution in [2.45, 2.75) is 50.9 Å². The minimum Gasteiger partial charge on any atom is -0.363 e. The second-order valence-electron chi connectivity index (χ2n) is 6.20. The molecule has 0 N–H and O–H groups in total. The summed E-state index contributed by atoms with van der Waals surface area (Å²) >= 11 is 3.37. The normalized spacial score (nSPS) is 15.6. The van der Waals surface area contributed by atoms with Crippen LogP contribution in [0.1, 0.15) is 45.1 Å². The summed E-state index contributed by atoms with van der Waals surface area (Å²) in [5, 5.41) is 12.1. The highest BCUT2D eigenvalue weighted by molar-refractivity contribution is 9.08. The van der Waals surface area contributed by atoms with Gasteiger partial charge < -0.3 is 4.90 Å². The van der Waals surface area contributed by atoms with Crippen molar-refractivity contribution in [3.63, 3.8) is 0 Å². The maximum absolute atomic E-state index is 11.5. The maximum atomic E-state index is 11.5. The molecular formula is C16H23BrN2O2. The van der Waals surface area contributed by atoms with E-state index in [1.165, 1.54) is 12.8 Å². The van der Waals surface area contributed by atoms with Gasteiger partial charge in [0.1, 0.15) is 5.69 Å². The molecule has 1 aromatic rings. The zero-order chi connectivity index (χ0) is 15.4. The molecule has 0 amide bonds. The van der Waals surface area contributed by atoms with Gasteiger partial charge in [0.25, 0.3) is 5.69 Å². The molecule has 0 heterocycles. The van der Waals surface area contributed by atoms with Crippen LogP contribution in [0.4, 0.5) is 11.4 Å². The molecule has 0 saturated heterocycles. The van der Waals surface area contributed by atoms with E-state index in [2.05, 4.69) is 34.7 Å². The van der Waals surface area contributed by atoms with Gasteiger partial charge in [-0.3, -0.25) is 10.1 Å². The Morgan fingerprint density at radius 2 is 2.05 bits per heavy atom. The number of halogens is 1. The van der Waals surface area contributed by atoms with E-state index in [9.17, 15) is 10.1 Å². The lowest BCUT2D eigenvalue weighted by atomic mass is 10.1. The third kappa shape index (κ3) is 3.96. The van der Waals surface area contributed by atoms with E-state index < -0.39 is 0 Å². The number of nitrogens with zero attached hydrogens (tertiary/aromatic N) is 2. The zero-order valence-corrected chi connectivity index (χ0v) is 14.3. The van der Waals surface area contributed by atoms with Crippen LogP contribution in [0, 0.1) is 16.0 Å². The van der Waals surface area contributed by atoms with Gasteiger partial charge in [-0.2, -0.15) is 0 Å². The Bertz CT molecular complexity index is 499. The van der Waals surface area contributed by atoms with Crippen molar-refractivity contribution in [2.75, 3.05) is 11.4 Å². The number of nitro benzene ring substituents is 1. The monoisotopic (exact) mass is 354 g/mol. The number of hydrogen-bond acceptors (Lipinski definition) is 3. The first kappa shape index (κ1) is 16.3. The molecule has 2 rings (SSSR count). The number of anilines is 1. The second kappa shape index (κ2) is 7.25. The van der Waals surface area contributed by atoms with Gasteiger partial charge in [-0.15, -0.1) is 0 Å². The highest BCUT2D eigenvalue weighted by Crippen LogP contribution is 2.35. The summed E-state index contributed by atoms with van der Waals surface area (Å²) in [5.41, 5.74) is 1.96. The molecule has 0 radical (unpaired) electrons.